The fourth-order valence-electron chi connectivity index (χ4n) is 4.45. The summed E-state index contributed by atoms with van der Waals surface area (Å²) in [5, 5.41) is 19.1. The van der Waals surface area contributed by atoms with E-state index in [9.17, 15) is 5.11 Å². The summed E-state index contributed by atoms with van der Waals surface area (Å²) in [6, 6.07) is 19.1. The summed E-state index contributed by atoms with van der Waals surface area (Å²) in [6.45, 7) is 0. The monoisotopic (exact) mass is 275 g/mol. The second-order valence-corrected chi connectivity index (χ2v) is 6.20. The van der Waals surface area contributed by atoms with E-state index in [-0.39, 0.29) is 5.41 Å². The first kappa shape index (κ1) is 12.6. The van der Waals surface area contributed by atoms with Gasteiger partial charge in [0.1, 0.15) is 6.10 Å². The molecule has 1 N–H and O–H groups in total. The van der Waals surface area contributed by atoms with Gasteiger partial charge in [-0.15, -0.1) is 0 Å². The molecular formula is C19H17NO. The van der Waals surface area contributed by atoms with Crippen LogP contribution in [-0.2, 0) is 5.41 Å². The lowest BCUT2D eigenvalue weighted by atomic mass is 9.54. The summed E-state index contributed by atoms with van der Waals surface area (Å²) in [6.07, 6.45) is 1.70. The van der Waals surface area contributed by atoms with Crippen molar-refractivity contribution in [2.24, 2.45) is 0 Å². The topological polar surface area (TPSA) is 44.0 Å². The lowest BCUT2D eigenvalue weighted by Gasteiger charge is -2.50. The molecule has 1 atom stereocenters. The fraction of sp³-hybridized carbons (Fsp3) is 0.316. The number of rotatable bonds is 2. The lowest BCUT2D eigenvalue weighted by Crippen LogP contribution is -2.42. The minimum absolute atomic E-state index is 0.197. The highest BCUT2D eigenvalue weighted by Crippen LogP contribution is 2.57. The maximum Gasteiger partial charge on any atom is 0.141 e. The summed E-state index contributed by atoms with van der Waals surface area (Å²) < 4.78 is 0. The molecule has 21 heavy (non-hydrogen) atoms. The van der Waals surface area contributed by atoms with Crippen molar-refractivity contribution in [1.29, 1.82) is 5.26 Å². The third kappa shape index (κ3) is 1.61. The van der Waals surface area contributed by atoms with Gasteiger partial charge in [-0.3, -0.25) is 0 Å². The molecule has 0 amide bonds. The van der Waals surface area contributed by atoms with Crippen LogP contribution in [0.1, 0.15) is 47.4 Å². The molecule has 1 unspecified atom stereocenters. The van der Waals surface area contributed by atoms with Crippen LogP contribution in [0.25, 0.3) is 0 Å². The minimum atomic E-state index is -0.916. The number of nitrogens with zero attached hydrogens (tertiary/aromatic N) is 1. The Labute approximate surface area is 124 Å². The molecule has 0 aromatic heterocycles. The van der Waals surface area contributed by atoms with Gasteiger partial charge in [-0.2, -0.15) is 5.26 Å². The van der Waals surface area contributed by atoms with Gasteiger partial charge in [-0.1, -0.05) is 48.5 Å². The fourth-order valence-corrected chi connectivity index (χ4v) is 4.45. The van der Waals surface area contributed by atoms with Gasteiger partial charge in [0.25, 0.3) is 0 Å². The van der Waals surface area contributed by atoms with E-state index in [2.05, 4.69) is 48.5 Å². The Kier molecular flexibility index (Phi) is 2.67. The predicted molar refractivity (Wildman–Crippen MR) is 81.0 cm³/mol. The SMILES string of the molecule is N#CC(O)CC12CCC(c3ccccc31)c1ccccc12. The van der Waals surface area contributed by atoms with Crippen LogP contribution in [0.4, 0.5) is 0 Å². The normalized spacial score (nSPS) is 26.6. The molecule has 0 spiro atoms. The summed E-state index contributed by atoms with van der Waals surface area (Å²) in [4.78, 5) is 0. The van der Waals surface area contributed by atoms with Gasteiger partial charge in [0, 0.05) is 17.8 Å². The van der Waals surface area contributed by atoms with E-state index < -0.39 is 6.10 Å². The third-order valence-electron chi connectivity index (χ3n) is 5.25. The van der Waals surface area contributed by atoms with Crippen molar-refractivity contribution < 1.29 is 5.11 Å². The Hall–Kier alpha value is -2.11. The molecule has 0 fully saturated rings. The van der Waals surface area contributed by atoms with Crippen LogP contribution in [0.15, 0.2) is 48.5 Å². The summed E-state index contributed by atoms with van der Waals surface area (Å²) in [5.74, 6) is 0.471. The van der Waals surface area contributed by atoms with Crippen molar-refractivity contribution >= 4 is 0 Å². The van der Waals surface area contributed by atoms with Crippen molar-refractivity contribution in [1.82, 2.24) is 0 Å². The number of hydrogen-bond donors (Lipinski definition) is 1. The number of fused-ring (bicyclic) bond motifs is 1. The summed E-state index contributed by atoms with van der Waals surface area (Å²) in [5.41, 5.74) is 5.19. The smallest absolute Gasteiger partial charge is 0.141 e. The molecular weight excluding hydrogens is 258 g/mol. The molecule has 2 aromatic rings. The molecule has 0 heterocycles. The second kappa shape index (κ2) is 4.44. The summed E-state index contributed by atoms with van der Waals surface area (Å²) in [7, 11) is 0. The standard InChI is InChI=1S/C19H17NO/c20-12-13(21)11-19-10-9-14(15-5-1-3-7-17(15)19)16-6-2-4-8-18(16)19/h1-8,13-14,21H,9-11H2. The first-order valence-corrected chi connectivity index (χ1v) is 7.53. The Bertz CT molecular complexity index is 696. The Balaban J connectivity index is 1.99. The van der Waals surface area contributed by atoms with Crippen LogP contribution in [0.2, 0.25) is 0 Å². The van der Waals surface area contributed by atoms with E-state index in [0.717, 1.165) is 12.8 Å². The van der Waals surface area contributed by atoms with E-state index in [0.29, 0.717) is 12.3 Å². The third-order valence-corrected chi connectivity index (χ3v) is 5.25. The van der Waals surface area contributed by atoms with Gasteiger partial charge in [0.2, 0.25) is 0 Å². The summed E-state index contributed by atoms with van der Waals surface area (Å²) >= 11 is 0. The van der Waals surface area contributed by atoms with Crippen LogP contribution in [0.5, 0.6) is 0 Å². The average Bonchev–Trinajstić information content (AvgIpc) is 2.55. The largest absolute Gasteiger partial charge is 0.378 e. The molecule has 5 rings (SSSR count). The van der Waals surface area contributed by atoms with E-state index in [4.69, 9.17) is 5.26 Å². The van der Waals surface area contributed by atoms with Crippen molar-refractivity contribution in [2.45, 2.75) is 36.7 Å². The first-order valence-electron chi connectivity index (χ1n) is 7.53. The number of benzene rings is 2. The molecule has 104 valence electrons. The molecule has 3 aliphatic rings. The molecule has 2 nitrogen and oxygen atoms in total. The highest BCUT2D eigenvalue weighted by atomic mass is 16.3. The van der Waals surface area contributed by atoms with Gasteiger partial charge >= 0.3 is 0 Å². The lowest BCUT2D eigenvalue weighted by molar-refractivity contribution is 0.176. The zero-order chi connectivity index (χ0) is 14.4. The second-order valence-electron chi connectivity index (χ2n) is 6.20. The maximum absolute atomic E-state index is 10.0. The van der Waals surface area contributed by atoms with Gasteiger partial charge < -0.3 is 5.11 Å². The molecule has 0 saturated carbocycles. The van der Waals surface area contributed by atoms with E-state index >= 15 is 0 Å². The zero-order valence-electron chi connectivity index (χ0n) is 11.8. The van der Waals surface area contributed by atoms with Crippen LogP contribution in [-0.4, -0.2) is 11.2 Å². The first-order chi connectivity index (χ1) is 10.3. The van der Waals surface area contributed by atoms with Gasteiger partial charge in [-0.05, 0) is 35.1 Å². The molecule has 3 aliphatic carbocycles. The Morgan fingerprint density at radius 1 is 1.10 bits per heavy atom. The minimum Gasteiger partial charge on any atom is -0.378 e. The molecule has 2 heteroatoms. The zero-order valence-corrected chi connectivity index (χ0v) is 11.8. The van der Waals surface area contributed by atoms with Crippen molar-refractivity contribution in [3.8, 4) is 6.07 Å². The molecule has 0 aliphatic heterocycles. The Morgan fingerprint density at radius 2 is 1.67 bits per heavy atom. The van der Waals surface area contributed by atoms with Gasteiger partial charge in [0.05, 0.1) is 6.07 Å². The van der Waals surface area contributed by atoms with E-state index in [1.807, 2.05) is 6.07 Å². The number of aliphatic hydroxyl groups excluding tert-OH is 1. The highest BCUT2D eigenvalue weighted by molar-refractivity contribution is 5.59. The van der Waals surface area contributed by atoms with Crippen LogP contribution in [0.3, 0.4) is 0 Å². The number of aliphatic hydroxyl groups is 1. The predicted octanol–water partition coefficient (Wildman–Crippen LogP) is 3.49. The molecule has 0 radical (unpaired) electrons. The van der Waals surface area contributed by atoms with Crippen LogP contribution < -0.4 is 0 Å². The van der Waals surface area contributed by atoms with E-state index in [1.54, 1.807) is 0 Å². The average molecular weight is 275 g/mol. The van der Waals surface area contributed by atoms with Crippen LogP contribution in [0, 0.1) is 11.3 Å². The highest BCUT2D eigenvalue weighted by Gasteiger charge is 2.48. The number of nitriles is 1. The Morgan fingerprint density at radius 3 is 2.24 bits per heavy atom. The van der Waals surface area contributed by atoms with Crippen LogP contribution >= 0.6 is 0 Å². The van der Waals surface area contributed by atoms with Gasteiger partial charge in [-0.25, -0.2) is 0 Å². The quantitative estimate of drug-likeness (QED) is 0.853. The van der Waals surface area contributed by atoms with Crippen molar-refractivity contribution in [3.05, 3.63) is 70.8 Å². The number of hydrogen-bond acceptors (Lipinski definition) is 2. The maximum atomic E-state index is 10.0. The molecule has 2 aromatic carbocycles. The molecule has 0 saturated heterocycles. The van der Waals surface area contributed by atoms with Crippen molar-refractivity contribution in [3.63, 3.8) is 0 Å². The molecule has 2 bridgehead atoms. The van der Waals surface area contributed by atoms with Crippen molar-refractivity contribution in [2.75, 3.05) is 0 Å². The van der Waals surface area contributed by atoms with Gasteiger partial charge in [0.15, 0.2) is 0 Å². The van der Waals surface area contributed by atoms with E-state index in [1.165, 1.54) is 22.3 Å².